The first kappa shape index (κ1) is 31.3. The molecule has 4 fully saturated rings. The first-order valence-electron chi connectivity index (χ1n) is 13.9. The summed E-state index contributed by atoms with van der Waals surface area (Å²) in [5.74, 6) is 1.01. The van der Waals surface area contributed by atoms with Gasteiger partial charge in [-0.3, -0.25) is 6.08 Å². The Balaban J connectivity index is 0.000000161. The van der Waals surface area contributed by atoms with Gasteiger partial charge in [0.15, 0.2) is 0 Å². The average molecular weight is 647 g/mol. The number of benzene rings is 2. The molecule has 7 rings (SSSR count). The molecule has 0 aliphatic heterocycles. The maximum atomic E-state index is 11.6. The van der Waals surface area contributed by atoms with E-state index in [9.17, 15) is 4.79 Å². The second-order valence-electron chi connectivity index (χ2n) is 13.0. The van der Waals surface area contributed by atoms with E-state index in [0.29, 0.717) is 16.7 Å². The number of carbonyl (C=O) groups is 1. The van der Waals surface area contributed by atoms with Crippen molar-refractivity contribution in [3.63, 3.8) is 0 Å². The Labute approximate surface area is 256 Å². The van der Waals surface area contributed by atoms with Crippen molar-refractivity contribution in [3.05, 3.63) is 89.2 Å². The van der Waals surface area contributed by atoms with E-state index < -0.39 is 15.4 Å². The summed E-state index contributed by atoms with van der Waals surface area (Å²) in [4.78, 5) is 11.6. The summed E-state index contributed by atoms with van der Waals surface area (Å²) in [5, 5.41) is 0. The molecule has 1 N–H and O–H groups in total. The van der Waals surface area contributed by atoms with Gasteiger partial charge in [0, 0.05) is 5.41 Å². The molecule has 3 unspecified atom stereocenters. The summed E-state index contributed by atoms with van der Waals surface area (Å²) in [6, 6.07) is 21.5. The summed E-state index contributed by atoms with van der Waals surface area (Å²) in [6.45, 7) is 13.4. The molecule has 38 heavy (non-hydrogen) atoms. The molecule has 3 atom stereocenters. The Kier molecular flexibility index (Phi) is 10.4. The molecule has 2 aromatic carbocycles. The molecule has 4 heteroatoms. The van der Waals surface area contributed by atoms with E-state index >= 15 is 0 Å². The third-order valence-corrected chi connectivity index (χ3v) is 12.3. The molecule has 2 aromatic rings. The van der Waals surface area contributed by atoms with Gasteiger partial charge >= 0.3 is 111 Å². The van der Waals surface area contributed by atoms with E-state index in [2.05, 4.69) is 108 Å². The van der Waals surface area contributed by atoms with Crippen LogP contribution in [0.4, 0.5) is 0 Å². The predicted molar refractivity (Wildman–Crippen MR) is 158 cm³/mol. The van der Waals surface area contributed by atoms with E-state index in [1.165, 1.54) is 44.8 Å². The Morgan fingerprint density at radius 1 is 0.842 bits per heavy atom. The molecule has 199 valence electrons. The van der Waals surface area contributed by atoms with Gasteiger partial charge in [0.05, 0.1) is 5.91 Å². The van der Waals surface area contributed by atoms with Gasteiger partial charge in [-0.25, -0.2) is 5.57 Å². The third-order valence-electron chi connectivity index (χ3n) is 9.28. The second kappa shape index (κ2) is 12.5. The number of allylic oxidation sites excluding steroid dienone is 4. The van der Waals surface area contributed by atoms with Gasteiger partial charge < -0.3 is 10.5 Å². The van der Waals surface area contributed by atoms with Crippen molar-refractivity contribution < 1.29 is 31.0 Å². The number of nitrogens with one attached hydrogen (secondary N) is 1. The number of amides is 1. The van der Waals surface area contributed by atoms with Crippen LogP contribution in [0.3, 0.4) is 0 Å². The number of hydrogen-bond donors (Lipinski definition) is 0. The molecule has 5 aliphatic rings. The van der Waals surface area contributed by atoms with E-state index in [1.54, 1.807) is 0 Å². The van der Waals surface area contributed by atoms with Crippen LogP contribution in [0, 0.1) is 34.2 Å². The van der Waals surface area contributed by atoms with Crippen molar-refractivity contribution in [2.45, 2.75) is 80.1 Å². The molecule has 0 heterocycles. The third kappa shape index (κ3) is 7.31. The van der Waals surface area contributed by atoms with Crippen LogP contribution in [0.5, 0.6) is 0 Å². The van der Waals surface area contributed by atoms with Crippen molar-refractivity contribution >= 4 is 30.1 Å². The van der Waals surface area contributed by atoms with Gasteiger partial charge in [0.25, 0.3) is 0 Å². The average Bonchev–Trinajstić information content (AvgIpc) is 3.04. The van der Waals surface area contributed by atoms with Gasteiger partial charge in [0.1, 0.15) is 0 Å². The normalized spacial score (nSPS) is 32.3. The fourth-order valence-corrected chi connectivity index (χ4v) is 10.7. The molecule has 1 amide bonds. The molecule has 2 nitrogen and oxygen atoms in total. The Morgan fingerprint density at radius 3 is 1.63 bits per heavy atom. The van der Waals surface area contributed by atoms with Crippen LogP contribution in [0.15, 0.2) is 77.4 Å². The van der Waals surface area contributed by atoms with Gasteiger partial charge in [-0.05, 0) is 55.3 Å². The SMILES string of the molecule is CC12CC3CC(C)(C1)CC(C([NH-])=O)(C3)C2.CC1=[C-]C(C)C(C)=C1C.[Zr+2].c1cc[c]([GeH][c]2ccccc2)cc1. The van der Waals surface area contributed by atoms with Gasteiger partial charge in [-0.15, -0.1) is 6.92 Å². The fraction of sp³-hybridized carbons (Fsp3) is 0.500. The molecular formula is C34H44GeNOZr. The molecule has 0 aromatic heterocycles. The van der Waals surface area contributed by atoms with E-state index in [0.717, 1.165) is 25.2 Å². The molecule has 5 aliphatic carbocycles. The first-order chi connectivity index (χ1) is 17.4. The predicted octanol–water partition coefficient (Wildman–Crippen LogP) is 7.36. The number of hydrogen-bond acceptors (Lipinski definition) is 1. The second-order valence-corrected chi connectivity index (χ2v) is 16.4. The van der Waals surface area contributed by atoms with Gasteiger partial charge in [-0.2, -0.15) is 11.1 Å². The zero-order chi connectivity index (χ0) is 26.8. The Morgan fingerprint density at radius 2 is 1.32 bits per heavy atom. The Hall–Kier alpha value is -1.18. The van der Waals surface area contributed by atoms with Crippen LogP contribution >= 0.6 is 0 Å². The molecule has 4 bridgehead atoms. The quantitative estimate of drug-likeness (QED) is 0.254. The maximum absolute atomic E-state index is 11.6. The van der Waals surface area contributed by atoms with E-state index in [-0.39, 0.29) is 37.5 Å². The van der Waals surface area contributed by atoms with E-state index in [1.807, 2.05) is 0 Å². The summed E-state index contributed by atoms with van der Waals surface area (Å²) >= 11 is -0.392. The van der Waals surface area contributed by atoms with Crippen molar-refractivity contribution in [1.29, 1.82) is 0 Å². The topological polar surface area (TPSA) is 40.9 Å². The number of rotatable bonds is 3. The molecule has 1 radical (unpaired) electrons. The number of carbonyl (C=O) groups excluding carboxylic acids is 1. The van der Waals surface area contributed by atoms with Crippen LogP contribution in [0.1, 0.15) is 80.1 Å². The van der Waals surface area contributed by atoms with Crippen LogP contribution in [0.25, 0.3) is 5.73 Å². The standard InChI is InChI=1S/C13H21NO.C12H11Ge.C9H13.Zr/c1-11-3-9-4-12(2,6-11)8-13(5-9,7-11)10(14)15;1-3-7-11(8-4-1)13-12-9-5-2-6-10-12;1-6-5-7(2)9(4)8(6)3;/h9H,3-8H2,1-2H3,(H2,14,15);1-10,13H;6H,1-4H3;/q;;-1;+2/p-1. The zero-order valence-electron chi connectivity index (χ0n) is 24.2. The minimum atomic E-state index is -0.392. The van der Waals surface area contributed by atoms with Crippen molar-refractivity contribution in [1.82, 2.24) is 0 Å². The fourth-order valence-electron chi connectivity index (χ4n) is 8.15. The first-order valence-corrected chi connectivity index (χ1v) is 16.3. The molecule has 0 saturated heterocycles. The summed E-state index contributed by atoms with van der Waals surface area (Å²) in [6.07, 6.45) is 10.3. The van der Waals surface area contributed by atoms with E-state index in [4.69, 9.17) is 5.73 Å². The van der Waals surface area contributed by atoms with Crippen LogP contribution in [0.2, 0.25) is 0 Å². The van der Waals surface area contributed by atoms with Gasteiger partial charge in [0.2, 0.25) is 0 Å². The zero-order valence-corrected chi connectivity index (χ0v) is 29.0. The molecule has 4 saturated carbocycles. The van der Waals surface area contributed by atoms with Crippen molar-refractivity contribution in [2.24, 2.45) is 28.1 Å². The summed E-state index contributed by atoms with van der Waals surface area (Å²) in [7, 11) is 0. The van der Waals surface area contributed by atoms with Crippen LogP contribution < -0.4 is 8.79 Å². The van der Waals surface area contributed by atoms with Crippen LogP contribution in [-0.2, 0) is 31.0 Å². The molecular weight excluding hydrogens is 602 g/mol. The van der Waals surface area contributed by atoms with Crippen molar-refractivity contribution in [3.8, 4) is 0 Å². The minimum absolute atomic E-state index is 0. The molecule has 0 spiro atoms. The van der Waals surface area contributed by atoms with Crippen LogP contribution in [-0.4, -0.2) is 21.3 Å². The summed E-state index contributed by atoms with van der Waals surface area (Å²) in [5.41, 5.74) is 12.3. The van der Waals surface area contributed by atoms with Crippen molar-refractivity contribution in [2.75, 3.05) is 0 Å². The van der Waals surface area contributed by atoms with Gasteiger partial charge in [-0.1, -0.05) is 40.5 Å². The Bertz CT molecular complexity index is 1120. The summed E-state index contributed by atoms with van der Waals surface area (Å²) < 4.78 is 3.05. The monoisotopic (exact) mass is 646 g/mol.